The van der Waals surface area contributed by atoms with Gasteiger partial charge in [-0.15, -0.1) is 0 Å². The van der Waals surface area contributed by atoms with E-state index in [2.05, 4.69) is 24.3 Å². The van der Waals surface area contributed by atoms with E-state index in [1.807, 2.05) is 43.3 Å². The average molecular weight is 415 g/mol. The van der Waals surface area contributed by atoms with Crippen molar-refractivity contribution in [2.75, 3.05) is 28.4 Å². The molecule has 0 aliphatic heterocycles. The van der Waals surface area contributed by atoms with Crippen LogP contribution in [0.3, 0.4) is 0 Å². The van der Waals surface area contributed by atoms with E-state index in [1.54, 1.807) is 28.4 Å². The van der Waals surface area contributed by atoms with E-state index < -0.39 is 0 Å². The zero-order valence-electron chi connectivity index (χ0n) is 18.4. The smallest absolute Gasteiger partial charge is 0.168 e. The molecule has 0 amide bonds. The molecule has 0 aliphatic carbocycles. The van der Waals surface area contributed by atoms with E-state index in [0.29, 0.717) is 23.0 Å². The summed E-state index contributed by atoms with van der Waals surface area (Å²) in [6.45, 7) is 2.00. The summed E-state index contributed by atoms with van der Waals surface area (Å²) in [6.07, 6.45) is 0. The number of pyridine rings is 1. The second-order valence-electron chi connectivity index (χ2n) is 7.15. The molecule has 0 aliphatic rings. The number of hydrogen-bond donors (Lipinski definition) is 0. The predicted molar refractivity (Wildman–Crippen MR) is 124 cm³/mol. The first kappa shape index (κ1) is 20.5. The van der Waals surface area contributed by atoms with Gasteiger partial charge in [-0.3, -0.25) is 4.98 Å². The molecule has 31 heavy (non-hydrogen) atoms. The summed E-state index contributed by atoms with van der Waals surface area (Å²) in [5.41, 5.74) is 4.68. The van der Waals surface area contributed by atoms with Crippen LogP contribution in [0.4, 0.5) is 0 Å². The zero-order valence-corrected chi connectivity index (χ0v) is 18.4. The van der Waals surface area contributed by atoms with Crippen molar-refractivity contribution in [3.8, 4) is 45.4 Å². The molecule has 0 radical (unpaired) electrons. The molecule has 1 heterocycles. The molecule has 0 spiro atoms. The lowest BCUT2D eigenvalue weighted by Gasteiger charge is -2.16. The summed E-state index contributed by atoms with van der Waals surface area (Å²) in [5.74, 6) is 2.72. The molecule has 5 nitrogen and oxygen atoms in total. The van der Waals surface area contributed by atoms with Gasteiger partial charge in [0.05, 0.1) is 34.1 Å². The van der Waals surface area contributed by atoms with Crippen LogP contribution in [-0.2, 0) is 0 Å². The minimum atomic E-state index is 0.658. The molecule has 0 atom stereocenters. The van der Waals surface area contributed by atoms with E-state index in [9.17, 15) is 0 Å². The van der Waals surface area contributed by atoms with Gasteiger partial charge in [0, 0.05) is 22.2 Å². The van der Waals surface area contributed by atoms with Gasteiger partial charge in [-0.05, 0) is 48.2 Å². The van der Waals surface area contributed by atoms with E-state index >= 15 is 0 Å². The number of aryl methyl sites for hydroxylation is 1. The SMILES string of the molecule is COc1cc2cc(-c3cc(OC)c(OC)c(-c4ccccc4)c3)nc(C)c2cc1OC. The van der Waals surface area contributed by atoms with Gasteiger partial charge in [0.2, 0.25) is 0 Å². The van der Waals surface area contributed by atoms with E-state index in [0.717, 1.165) is 38.9 Å². The fraction of sp³-hybridized carbons (Fsp3) is 0.192. The number of nitrogens with zero attached hydrogens (tertiary/aromatic N) is 1. The van der Waals surface area contributed by atoms with E-state index in [-0.39, 0.29) is 0 Å². The number of methoxy groups -OCH3 is 4. The van der Waals surface area contributed by atoms with Crippen LogP contribution in [0.15, 0.2) is 60.7 Å². The number of hydrogen-bond acceptors (Lipinski definition) is 5. The number of benzene rings is 3. The fourth-order valence-corrected chi connectivity index (χ4v) is 3.84. The summed E-state index contributed by atoms with van der Waals surface area (Å²) in [7, 11) is 6.57. The van der Waals surface area contributed by atoms with Crippen LogP contribution in [0, 0.1) is 6.92 Å². The predicted octanol–water partition coefficient (Wildman–Crippen LogP) is 5.91. The highest BCUT2D eigenvalue weighted by atomic mass is 16.5. The third-order valence-corrected chi connectivity index (χ3v) is 5.39. The van der Waals surface area contributed by atoms with Crippen LogP contribution in [0.2, 0.25) is 0 Å². The van der Waals surface area contributed by atoms with Crippen LogP contribution in [0.5, 0.6) is 23.0 Å². The Morgan fingerprint density at radius 1 is 0.645 bits per heavy atom. The number of fused-ring (bicyclic) bond motifs is 1. The van der Waals surface area contributed by atoms with Crippen molar-refractivity contribution in [3.05, 3.63) is 66.4 Å². The molecule has 0 unspecified atom stereocenters. The Bertz CT molecular complexity index is 1240. The number of rotatable bonds is 6. The third-order valence-electron chi connectivity index (χ3n) is 5.39. The standard InChI is InChI=1S/C26H25NO4/c1-16-20-15-24(29-3)23(28-2)13-18(20)12-22(27-16)19-11-21(17-9-7-6-8-10-17)26(31-5)25(14-19)30-4/h6-15H,1-5H3. The Morgan fingerprint density at radius 2 is 1.32 bits per heavy atom. The van der Waals surface area contributed by atoms with Crippen LogP contribution >= 0.6 is 0 Å². The van der Waals surface area contributed by atoms with Gasteiger partial charge in [-0.1, -0.05) is 30.3 Å². The molecule has 0 saturated carbocycles. The Morgan fingerprint density at radius 3 is 1.97 bits per heavy atom. The maximum atomic E-state index is 5.69. The first-order valence-corrected chi connectivity index (χ1v) is 9.94. The van der Waals surface area contributed by atoms with Crippen LogP contribution < -0.4 is 18.9 Å². The summed E-state index contributed by atoms with van der Waals surface area (Å²) in [4.78, 5) is 4.88. The maximum absolute atomic E-state index is 5.69. The molecule has 158 valence electrons. The van der Waals surface area contributed by atoms with Crippen molar-refractivity contribution in [2.45, 2.75) is 6.92 Å². The second-order valence-corrected chi connectivity index (χ2v) is 7.15. The quantitative estimate of drug-likeness (QED) is 0.392. The monoisotopic (exact) mass is 415 g/mol. The Kier molecular flexibility index (Phi) is 5.67. The van der Waals surface area contributed by atoms with Crippen molar-refractivity contribution < 1.29 is 18.9 Å². The van der Waals surface area contributed by atoms with Gasteiger partial charge >= 0.3 is 0 Å². The van der Waals surface area contributed by atoms with Crippen molar-refractivity contribution in [2.24, 2.45) is 0 Å². The molecule has 0 N–H and O–H groups in total. The molecule has 5 heteroatoms. The van der Waals surface area contributed by atoms with Crippen LogP contribution in [0.1, 0.15) is 5.69 Å². The Hall–Kier alpha value is -3.73. The van der Waals surface area contributed by atoms with Gasteiger partial charge in [0.1, 0.15) is 0 Å². The third kappa shape index (κ3) is 3.75. The highest BCUT2D eigenvalue weighted by Gasteiger charge is 2.17. The van der Waals surface area contributed by atoms with Crippen molar-refractivity contribution in [1.29, 1.82) is 0 Å². The van der Waals surface area contributed by atoms with Crippen LogP contribution in [-0.4, -0.2) is 33.4 Å². The van der Waals surface area contributed by atoms with E-state index in [1.165, 1.54) is 0 Å². The van der Waals surface area contributed by atoms with Gasteiger partial charge in [0.15, 0.2) is 23.0 Å². The largest absolute Gasteiger partial charge is 0.493 e. The van der Waals surface area contributed by atoms with E-state index in [4.69, 9.17) is 23.9 Å². The molecular weight excluding hydrogens is 390 g/mol. The van der Waals surface area contributed by atoms with Gasteiger partial charge < -0.3 is 18.9 Å². The lowest BCUT2D eigenvalue weighted by molar-refractivity contribution is 0.356. The molecule has 0 bridgehead atoms. The lowest BCUT2D eigenvalue weighted by Crippen LogP contribution is -1.97. The topological polar surface area (TPSA) is 49.8 Å². The first-order valence-electron chi connectivity index (χ1n) is 9.94. The normalized spacial score (nSPS) is 10.7. The summed E-state index contributed by atoms with van der Waals surface area (Å²) in [5, 5.41) is 2.04. The molecule has 0 saturated heterocycles. The first-order chi connectivity index (χ1) is 15.1. The van der Waals surface area contributed by atoms with Gasteiger partial charge in [-0.25, -0.2) is 0 Å². The summed E-state index contributed by atoms with van der Waals surface area (Å²) in [6, 6.07) is 20.2. The lowest BCUT2D eigenvalue weighted by atomic mass is 9.98. The van der Waals surface area contributed by atoms with Crippen molar-refractivity contribution in [1.82, 2.24) is 4.98 Å². The van der Waals surface area contributed by atoms with Gasteiger partial charge in [-0.2, -0.15) is 0 Å². The zero-order chi connectivity index (χ0) is 22.0. The molecule has 0 fully saturated rings. The van der Waals surface area contributed by atoms with Gasteiger partial charge in [0.25, 0.3) is 0 Å². The molecule has 4 aromatic rings. The minimum Gasteiger partial charge on any atom is -0.493 e. The summed E-state index contributed by atoms with van der Waals surface area (Å²) < 4.78 is 22.3. The highest BCUT2D eigenvalue weighted by Crippen LogP contribution is 2.42. The second kappa shape index (κ2) is 8.56. The molecule has 4 rings (SSSR count). The maximum Gasteiger partial charge on any atom is 0.168 e. The highest BCUT2D eigenvalue weighted by molar-refractivity contribution is 5.91. The van der Waals surface area contributed by atoms with Crippen molar-refractivity contribution in [3.63, 3.8) is 0 Å². The Balaban J connectivity index is 1.95. The fourth-order valence-electron chi connectivity index (χ4n) is 3.84. The average Bonchev–Trinajstić information content (AvgIpc) is 2.82. The van der Waals surface area contributed by atoms with Crippen LogP contribution in [0.25, 0.3) is 33.2 Å². The molecule has 1 aromatic heterocycles. The summed E-state index contributed by atoms with van der Waals surface area (Å²) >= 11 is 0. The molecular formula is C26H25NO4. The number of aromatic nitrogens is 1. The Labute approximate surface area is 182 Å². The number of ether oxygens (including phenoxy) is 4. The minimum absolute atomic E-state index is 0.658. The van der Waals surface area contributed by atoms with Crippen molar-refractivity contribution >= 4 is 10.8 Å². The molecule has 3 aromatic carbocycles.